The minimum atomic E-state index is -0.565. The van der Waals surface area contributed by atoms with Crippen molar-refractivity contribution >= 4 is 15.9 Å². The van der Waals surface area contributed by atoms with Crippen molar-refractivity contribution < 1.29 is 8.78 Å². The van der Waals surface area contributed by atoms with Gasteiger partial charge in [0.05, 0.1) is 4.47 Å². The summed E-state index contributed by atoms with van der Waals surface area (Å²) in [5.41, 5.74) is 7.14. The van der Waals surface area contributed by atoms with Crippen LogP contribution in [0.5, 0.6) is 0 Å². The first kappa shape index (κ1) is 15.1. The summed E-state index contributed by atoms with van der Waals surface area (Å²) in [5, 5.41) is 0. The van der Waals surface area contributed by atoms with Crippen molar-refractivity contribution in [2.24, 2.45) is 5.73 Å². The van der Waals surface area contributed by atoms with Gasteiger partial charge in [-0.3, -0.25) is 4.98 Å². The van der Waals surface area contributed by atoms with Gasteiger partial charge in [0.1, 0.15) is 11.6 Å². The summed E-state index contributed by atoms with van der Waals surface area (Å²) in [6.45, 7) is 0. The van der Waals surface area contributed by atoms with Gasteiger partial charge in [0.25, 0.3) is 0 Å². The first-order valence-corrected chi connectivity index (χ1v) is 7.14. The molecule has 0 saturated heterocycles. The van der Waals surface area contributed by atoms with Crippen LogP contribution in [0.15, 0.2) is 41.1 Å². The maximum atomic E-state index is 13.8. The smallest absolute Gasteiger partial charge is 0.143 e. The lowest BCUT2D eigenvalue weighted by Gasteiger charge is -2.13. The highest BCUT2D eigenvalue weighted by molar-refractivity contribution is 9.10. The number of rotatable bonds is 5. The summed E-state index contributed by atoms with van der Waals surface area (Å²) >= 11 is 3.06. The molecule has 5 heteroatoms. The van der Waals surface area contributed by atoms with Gasteiger partial charge in [-0.25, -0.2) is 8.78 Å². The maximum absolute atomic E-state index is 13.8. The molecule has 1 aromatic carbocycles. The van der Waals surface area contributed by atoms with Crippen molar-refractivity contribution in [3.8, 4) is 0 Å². The van der Waals surface area contributed by atoms with E-state index in [4.69, 9.17) is 5.73 Å². The fourth-order valence-electron chi connectivity index (χ4n) is 2.02. The van der Waals surface area contributed by atoms with Crippen LogP contribution in [0, 0.1) is 11.6 Å². The van der Waals surface area contributed by atoms with Crippen LogP contribution >= 0.6 is 15.9 Å². The summed E-state index contributed by atoms with van der Waals surface area (Å²) in [6, 6.07) is 6.14. The Labute approximate surface area is 125 Å². The van der Waals surface area contributed by atoms with Gasteiger partial charge >= 0.3 is 0 Å². The van der Waals surface area contributed by atoms with Gasteiger partial charge in [-0.2, -0.15) is 0 Å². The van der Waals surface area contributed by atoms with Gasteiger partial charge in [0.15, 0.2) is 0 Å². The molecule has 20 heavy (non-hydrogen) atoms. The maximum Gasteiger partial charge on any atom is 0.143 e. The lowest BCUT2D eigenvalue weighted by atomic mass is 9.99. The number of halogens is 3. The molecule has 0 saturated carbocycles. The number of benzene rings is 1. The second kappa shape index (κ2) is 6.90. The van der Waals surface area contributed by atoms with E-state index < -0.39 is 11.6 Å². The first-order valence-electron chi connectivity index (χ1n) is 6.34. The number of aromatic nitrogens is 1. The van der Waals surface area contributed by atoms with E-state index in [0.717, 1.165) is 12.0 Å². The molecule has 0 aliphatic heterocycles. The third kappa shape index (κ3) is 3.84. The van der Waals surface area contributed by atoms with Gasteiger partial charge in [-0.05, 0) is 65.0 Å². The fraction of sp³-hybridized carbons (Fsp3) is 0.267. The van der Waals surface area contributed by atoms with Crippen LogP contribution < -0.4 is 5.73 Å². The number of hydrogen-bond acceptors (Lipinski definition) is 2. The van der Waals surface area contributed by atoms with Gasteiger partial charge in [0.2, 0.25) is 0 Å². The zero-order valence-electron chi connectivity index (χ0n) is 10.8. The van der Waals surface area contributed by atoms with Crippen LogP contribution in [0.1, 0.15) is 17.5 Å². The van der Waals surface area contributed by atoms with Crippen LogP contribution in [-0.2, 0) is 12.8 Å². The Balaban J connectivity index is 1.98. The predicted molar refractivity (Wildman–Crippen MR) is 78.3 cm³/mol. The molecule has 0 amide bonds. The quantitative estimate of drug-likeness (QED) is 0.844. The second-order valence-electron chi connectivity index (χ2n) is 4.68. The van der Waals surface area contributed by atoms with Gasteiger partial charge in [-0.15, -0.1) is 0 Å². The molecule has 106 valence electrons. The van der Waals surface area contributed by atoms with Crippen LogP contribution in [0.4, 0.5) is 8.78 Å². The molecule has 1 unspecified atom stereocenters. The zero-order chi connectivity index (χ0) is 14.5. The van der Waals surface area contributed by atoms with E-state index in [0.29, 0.717) is 6.42 Å². The number of hydrogen-bond donors (Lipinski definition) is 1. The van der Waals surface area contributed by atoms with E-state index in [9.17, 15) is 8.78 Å². The molecule has 2 aromatic rings. The number of nitrogens with zero attached hydrogens (tertiary/aromatic N) is 1. The average molecular weight is 341 g/mol. The standard InChI is InChI=1S/C15H15BrF2N2/c16-13-3-4-14(17)12(15(13)18)9-11(19)2-1-10-5-7-20-8-6-10/h3-8,11H,1-2,9,19H2. The highest BCUT2D eigenvalue weighted by Crippen LogP contribution is 2.23. The SMILES string of the molecule is NC(CCc1ccncc1)Cc1c(F)ccc(Br)c1F. The topological polar surface area (TPSA) is 38.9 Å². The van der Waals surface area contributed by atoms with E-state index in [1.807, 2.05) is 12.1 Å². The Hall–Kier alpha value is -1.33. The van der Waals surface area contributed by atoms with E-state index in [2.05, 4.69) is 20.9 Å². The van der Waals surface area contributed by atoms with Crippen LogP contribution in [0.2, 0.25) is 0 Å². The van der Waals surface area contributed by atoms with Crippen LogP contribution in [-0.4, -0.2) is 11.0 Å². The average Bonchev–Trinajstić information content (AvgIpc) is 2.46. The van der Waals surface area contributed by atoms with Crippen molar-refractivity contribution in [1.29, 1.82) is 0 Å². The molecule has 0 aliphatic carbocycles. The van der Waals surface area contributed by atoms with E-state index in [-0.39, 0.29) is 22.5 Å². The Morgan fingerprint density at radius 3 is 2.55 bits per heavy atom. The van der Waals surface area contributed by atoms with Crippen LogP contribution in [0.25, 0.3) is 0 Å². The summed E-state index contributed by atoms with van der Waals surface area (Å²) in [7, 11) is 0. The minimum Gasteiger partial charge on any atom is -0.327 e. The van der Waals surface area contributed by atoms with Crippen molar-refractivity contribution in [3.63, 3.8) is 0 Å². The second-order valence-corrected chi connectivity index (χ2v) is 5.53. The number of nitrogens with two attached hydrogens (primary N) is 1. The van der Waals surface area contributed by atoms with E-state index in [1.54, 1.807) is 12.4 Å². The third-order valence-electron chi connectivity index (χ3n) is 3.16. The molecular formula is C15H15BrF2N2. The Bertz CT molecular complexity index is 576. The monoisotopic (exact) mass is 340 g/mol. The molecule has 0 spiro atoms. The predicted octanol–water partition coefficient (Wildman–Crippen LogP) is 3.62. The zero-order valence-corrected chi connectivity index (χ0v) is 12.4. The van der Waals surface area contributed by atoms with Crippen molar-refractivity contribution in [1.82, 2.24) is 4.98 Å². The molecular weight excluding hydrogens is 326 g/mol. The Morgan fingerprint density at radius 1 is 1.15 bits per heavy atom. The molecule has 0 radical (unpaired) electrons. The Kier molecular flexibility index (Phi) is 5.20. The number of pyridine rings is 1. The lowest BCUT2D eigenvalue weighted by Crippen LogP contribution is -2.24. The molecule has 2 nitrogen and oxygen atoms in total. The molecule has 1 atom stereocenters. The van der Waals surface area contributed by atoms with E-state index in [1.165, 1.54) is 12.1 Å². The molecule has 2 N–H and O–H groups in total. The summed E-state index contributed by atoms with van der Waals surface area (Å²) in [4.78, 5) is 3.94. The van der Waals surface area contributed by atoms with Crippen molar-refractivity contribution in [2.75, 3.05) is 0 Å². The highest BCUT2D eigenvalue weighted by Gasteiger charge is 2.15. The third-order valence-corrected chi connectivity index (χ3v) is 3.77. The summed E-state index contributed by atoms with van der Waals surface area (Å²) in [6.07, 6.45) is 5.04. The molecule has 0 bridgehead atoms. The molecule has 0 aliphatic rings. The first-order chi connectivity index (χ1) is 9.58. The summed E-state index contributed by atoms with van der Waals surface area (Å²) < 4.78 is 27.7. The van der Waals surface area contributed by atoms with Gasteiger partial charge in [-0.1, -0.05) is 0 Å². The minimum absolute atomic E-state index is 0.0432. The molecule has 2 rings (SSSR count). The van der Waals surface area contributed by atoms with Gasteiger partial charge in [0, 0.05) is 24.0 Å². The number of aryl methyl sites for hydroxylation is 1. The van der Waals surface area contributed by atoms with Crippen molar-refractivity contribution in [2.45, 2.75) is 25.3 Å². The largest absolute Gasteiger partial charge is 0.327 e. The molecule has 1 aromatic heterocycles. The fourth-order valence-corrected chi connectivity index (χ4v) is 2.39. The van der Waals surface area contributed by atoms with Gasteiger partial charge < -0.3 is 5.73 Å². The Morgan fingerprint density at radius 2 is 1.85 bits per heavy atom. The van der Waals surface area contributed by atoms with Crippen molar-refractivity contribution in [3.05, 3.63) is 63.9 Å². The molecule has 0 fully saturated rings. The molecule has 1 heterocycles. The van der Waals surface area contributed by atoms with Crippen LogP contribution in [0.3, 0.4) is 0 Å². The normalized spacial score (nSPS) is 12.4. The lowest BCUT2D eigenvalue weighted by molar-refractivity contribution is 0.520. The van der Waals surface area contributed by atoms with E-state index >= 15 is 0 Å². The highest BCUT2D eigenvalue weighted by atomic mass is 79.9. The summed E-state index contributed by atoms with van der Waals surface area (Å²) in [5.74, 6) is -1.12.